The Morgan fingerprint density at radius 2 is 1.87 bits per heavy atom. The number of nitrogens with zero attached hydrogens (tertiary/aromatic N) is 2. The van der Waals surface area contributed by atoms with Gasteiger partial charge in [0.25, 0.3) is 5.56 Å². The van der Waals surface area contributed by atoms with Crippen molar-refractivity contribution < 1.29 is 9.53 Å². The van der Waals surface area contributed by atoms with Gasteiger partial charge in [0.2, 0.25) is 0 Å². The number of H-pyrrole nitrogens is 1. The maximum Gasteiger partial charge on any atom is 0.322 e. The highest BCUT2D eigenvalue weighted by molar-refractivity contribution is 5.91. The Hall–Kier alpha value is -3.35. The van der Waals surface area contributed by atoms with Crippen LogP contribution in [0.15, 0.2) is 53.3 Å². The third kappa shape index (κ3) is 4.30. The van der Waals surface area contributed by atoms with Gasteiger partial charge in [-0.25, -0.2) is 9.78 Å². The summed E-state index contributed by atoms with van der Waals surface area (Å²) in [4.78, 5) is 35.0. The van der Waals surface area contributed by atoms with Crippen LogP contribution in [-0.2, 0) is 6.54 Å². The molecule has 0 spiro atoms. The Morgan fingerprint density at radius 1 is 1.13 bits per heavy atom. The Labute approximate surface area is 175 Å². The molecule has 1 fully saturated rings. The minimum atomic E-state index is -0.220. The molecule has 3 aromatic rings. The summed E-state index contributed by atoms with van der Waals surface area (Å²) in [6, 6.07) is 14.4. The highest BCUT2D eigenvalue weighted by Crippen LogP contribution is 2.27. The Balaban J connectivity index is 1.63. The Kier molecular flexibility index (Phi) is 5.97. The predicted octanol–water partition coefficient (Wildman–Crippen LogP) is 4.30. The summed E-state index contributed by atoms with van der Waals surface area (Å²) in [6.45, 7) is 0.242. The van der Waals surface area contributed by atoms with E-state index in [2.05, 4.69) is 15.3 Å². The number of fused-ring (bicyclic) bond motifs is 1. The largest absolute Gasteiger partial charge is 0.495 e. The van der Waals surface area contributed by atoms with Gasteiger partial charge >= 0.3 is 6.03 Å². The number of methoxy groups -OCH3 is 1. The van der Waals surface area contributed by atoms with Crippen molar-refractivity contribution in [1.82, 2.24) is 14.9 Å². The van der Waals surface area contributed by atoms with Crippen LogP contribution in [0.3, 0.4) is 0 Å². The predicted molar refractivity (Wildman–Crippen MR) is 117 cm³/mol. The number of aromatic nitrogens is 2. The number of carbonyl (C=O) groups is 1. The molecular weight excluding hydrogens is 380 g/mol. The lowest BCUT2D eigenvalue weighted by atomic mass is 9.94. The van der Waals surface area contributed by atoms with Gasteiger partial charge in [-0.15, -0.1) is 0 Å². The first-order valence-electron chi connectivity index (χ1n) is 10.3. The fraction of sp³-hybridized carbons (Fsp3) is 0.348. The molecule has 2 aromatic carbocycles. The van der Waals surface area contributed by atoms with E-state index in [0.717, 1.165) is 25.7 Å². The van der Waals surface area contributed by atoms with Crippen LogP contribution in [0.1, 0.15) is 37.9 Å². The third-order valence-electron chi connectivity index (χ3n) is 5.61. The van der Waals surface area contributed by atoms with E-state index in [9.17, 15) is 9.59 Å². The molecule has 4 rings (SSSR count). The summed E-state index contributed by atoms with van der Waals surface area (Å²) < 4.78 is 5.36. The first kappa shape index (κ1) is 19.9. The van der Waals surface area contributed by atoms with E-state index in [1.807, 2.05) is 42.5 Å². The number of rotatable bonds is 5. The summed E-state index contributed by atoms with van der Waals surface area (Å²) in [5, 5.41) is 3.52. The van der Waals surface area contributed by atoms with Gasteiger partial charge in [0.1, 0.15) is 11.6 Å². The molecule has 1 aliphatic rings. The number of nitrogens with one attached hydrogen (secondary N) is 2. The van der Waals surface area contributed by atoms with Crippen LogP contribution in [0.25, 0.3) is 10.9 Å². The van der Waals surface area contributed by atoms with Gasteiger partial charge in [0.05, 0.1) is 30.2 Å². The van der Waals surface area contributed by atoms with Gasteiger partial charge < -0.3 is 19.9 Å². The molecule has 0 bridgehead atoms. The standard InChI is InChI=1S/C23H26N4O3/c1-30-20-14-8-7-13-19(20)25-23(29)27(16-9-3-2-4-10-16)15-21-24-18-12-6-5-11-17(18)22(28)26-21/h5-8,11-14,16H,2-4,9-10,15H2,1H3,(H,25,29)(H,24,26,28). The molecule has 156 valence electrons. The molecule has 2 amide bonds. The number of para-hydroxylation sites is 3. The molecule has 1 aromatic heterocycles. The monoisotopic (exact) mass is 406 g/mol. The maximum absolute atomic E-state index is 13.3. The van der Waals surface area contributed by atoms with Crippen molar-refractivity contribution >= 4 is 22.6 Å². The lowest BCUT2D eigenvalue weighted by Crippen LogP contribution is -2.44. The molecule has 1 saturated carbocycles. The van der Waals surface area contributed by atoms with Crippen LogP contribution < -0.4 is 15.6 Å². The zero-order valence-electron chi connectivity index (χ0n) is 17.1. The molecule has 2 N–H and O–H groups in total. The van der Waals surface area contributed by atoms with Crippen molar-refractivity contribution in [1.29, 1.82) is 0 Å². The molecule has 7 heteroatoms. The van der Waals surface area contributed by atoms with E-state index in [-0.39, 0.29) is 24.2 Å². The molecule has 1 heterocycles. The van der Waals surface area contributed by atoms with Gasteiger partial charge in [0.15, 0.2) is 0 Å². The highest BCUT2D eigenvalue weighted by Gasteiger charge is 2.27. The molecule has 0 saturated heterocycles. The van der Waals surface area contributed by atoms with E-state index in [1.54, 1.807) is 18.1 Å². The highest BCUT2D eigenvalue weighted by atomic mass is 16.5. The van der Waals surface area contributed by atoms with Crippen LogP contribution in [0.5, 0.6) is 5.75 Å². The summed E-state index contributed by atoms with van der Waals surface area (Å²) in [5.74, 6) is 1.09. The average molecular weight is 406 g/mol. The van der Waals surface area contributed by atoms with Crippen LogP contribution in [-0.4, -0.2) is 34.1 Å². The zero-order chi connectivity index (χ0) is 20.9. The number of aromatic amines is 1. The van der Waals surface area contributed by atoms with Crippen LogP contribution in [0.2, 0.25) is 0 Å². The average Bonchev–Trinajstić information content (AvgIpc) is 2.78. The first-order chi connectivity index (χ1) is 14.7. The van der Waals surface area contributed by atoms with Crippen LogP contribution in [0, 0.1) is 0 Å². The van der Waals surface area contributed by atoms with Gasteiger partial charge in [-0.2, -0.15) is 0 Å². The molecule has 0 atom stereocenters. The second-order valence-corrected chi connectivity index (χ2v) is 7.58. The molecular formula is C23H26N4O3. The third-order valence-corrected chi connectivity index (χ3v) is 5.61. The van der Waals surface area contributed by atoms with E-state index < -0.39 is 0 Å². The molecule has 0 unspecified atom stereocenters. The van der Waals surface area contributed by atoms with Crippen LogP contribution >= 0.6 is 0 Å². The van der Waals surface area contributed by atoms with E-state index in [1.165, 1.54) is 6.42 Å². The minimum Gasteiger partial charge on any atom is -0.495 e. The summed E-state index contributed by atoms with van der Waals surface area (Å²) in [6.07, 6.45) is 5.24. The lowest BCUT2D eigenvalue weighted by molar-refractivity contribution is 0.160. The number of carbonyl (C=O) groups excluding carboxylic acids is 1. The first-order valence-corrected chi connectivity index (χ1v) is 10.3. The quantitative estimate of drug-likeness (QED) is 0.661. The number of benzene rings is 2. The number of hydrogen-bond donors (Lipinski definition) is 2. The van der Waals surface area contributed by atoms with Crippen molar-refractivity contribution in [2.75, 3.05) is 12.4 Å². The van der Waals surface area contributed by atoms with Crippen molar-refractivity contribution in [2.24, 2.45) is 0 Å². The van der Waals surface area contributed by atoms with Gasteiger partial charge in [-0.3, -0.25) is 4.79 Å². The van der Waals surface area contributed by atoms with Crippen molar-refractivity contribution in [3.8, 4) is 5.75 Å². The van der Waals surface area contributed by atoms with E-state index >= 15 is 0 Å². The number of anilines is 1. The van der Waals surface area contributed by atoms with Gasteiger partial charge in [0, 0.05) is 6.04 Å². The van der Waals surface area contributed by atoms with Crippen molar-refractivity contribution in [3.63, 3.8) is 0 Å². The molecule has 0 aliphatic heterocycles. The van der Waals surface area contributed by atoms with E-state index in [4.69, 9.17) is 4.74 Å². The fourth-order valence-electron chi connectivity index (χ4n) is 4.07. The minimum absolute atomic E-state index is 0.102. The topological polar surface area (TPSA) is 87.3 Å². The molecule has 30 heavy (non-hydrogen) atoms. The van der Waals surface area contributed by atoms with Crippen LogP contribution in [0.4, 0.5) is 10.5 Å². The SMILES string of the molecule is COc1ccccc1NC(=O)N(Cc1nc2ccccc2c(=O)[nH]1)C1CCCCC1. The molecule has 0 radical (unpaired) electrons. The number of ether oxygens (including phenoxy) is 1. The molecule has 1 aliphatic carbocycles. The lowest BCUT2D eigenvalue weighted by Gasteiger charge is -2.34. The summed E-state index contributed by atoms with van der Waals surface area (Å²) in [5.41, 5.74) is 1.06. The van der Waals surface area contributed by atoms with E-state index in [0.29, 0.717) is 28.2 Å². The smallest absolute Gasteiger partial charge is 0.322 e. The van der Waals surface area contributed by atoms with Gasteiger partial charge in [-0.1, -0.05) is 43.5 Å². The van der Waals surface area contributed by atoms with Crippen molar-refractivity contribution in [2.45, 2.75) is 44.7 Å². The summed E-state index contributed by atoms with van der Waals surface area (Å²) in [7, 11) is 1.58. The Bertz CT molecular complexity index is 1090. The number of hydrogen-bond acceptors (Lipinski definition) is 4. The Morgan fingerprint density at radius 3 is 2.67 bits per heavy atom. The van der Waals surface area contributed by atoms with Crippen molar-refractivity contribution in [3.05, 3.63) is 64.7 Å². The second-order valence-electron chi connectivity index (χ2n) is 7.58. The van der Waals surface area contributed by atoms with Gasteiger partial charge in [-0.05, 0) is 37.1 Å². The summed E-state index contributed by atoms with van der Waals surface area (Å²) >= 11 is 0. The zero-order valence-corrected chi connectivity index (χ0v) is 17.1. The maximum atomic E-state index is 13.3. The molecule has 7 nitrogen and oxygen atoms in total. The number of urea groups is 1. The second kappa shape index (κ2) is 8.98. The fourth-order valence-corrected chi connectivity index (χ4v) is 4.07. The normalized spacial score (nSPS) is 14.4. The number of amides is 2.